The number of hydrogen-bond acceptors (Lipinski definition) is 2. The molecular weight excluding hydrogens is 350 g/mol. The van der Waals surface area contributed by atoms with Gasteiger partial charge in [0.2, 0.25) is 0 Å². The molecule has 0 aliphatic rings. The third kappa shape index (κ3) is 10.2. The molecule has 1 aromatic rings. The van der Waals surface area contributed by atoms with Crippen LogP contribution in [0.2, 0.25) is 0 Å². The summed E-state index contributed by atoms with van der Waals surface area (Å²) < 4.78 is 4.74. The van der Waals surface area contributed by atoms with Crippen LogP contribution in [0.3, 0.4) is 0 Å². The molecular formula is C5H7B24NO. The number of furan rings is 1. The van der Waals surface area contributed by atoms with Gasteiger partial charge in [-0.25, -0.2) is 0 Å². The number of rotatable bonds is 11. The van der Waals surface area contributed by atoms with E-state index in [1.807, 2.05) is 13.1 Å². The minimum Gasteiger partial charge on any atom is -0.470 e. The van der Waals surface area contributed by atoms with Crippen molar-refractivity contribution in [1.29, 1.82) is 0 Å². The maximum Gasteiger partial charge on any atom is 0.113 e. The molecule has 1 heterocycles. The third-order valence-electron chi connectivity index (χ3n) is 5.25. The molecule has 26 radical (unpaired) electrons. The molecule has 0 amide bonds. The number of hydrogen-bond donors (Lipinski definition) is 1. The Morgan fingerprint density at radius 3 is 1.16 bits per heavy atom. The van der Waals surface area contributed by atoms with Gasteiger partial charge < -0.3 is 9.73 Å². The van der Waals surface area contributed by atoms with E-state index in [9.17, 15) is 0 Å². The summed E-state index contributed by atoms with van der Waals surface area (Å²) >= 11 is 0. The summed E-state index contributed by atoms with van der Waals surface area (Å²) in [6.07, 6.45) is -6.28. The van der Waals surface area contributed by atoms with Crippen LogP contribution >= 0.6 is 0 Å². The Hall–Kier alpha value is 0.638. The quantitative estimate of drug-likeness (QED) is 0.399. The standard InChI is InChI=1S/C5H7NO.B24/c1-6-5-2-3-7-4-5;1-14(2)20(13)23(19(11)12)24(21(15(3)4)16(5)6)22(17(7)8)18(9)10/h2-4,6H,1H3;. The van der Waals surface area contributed by atoms with E-state index in [1.165, 1.54) is 0 Å². The Bertz CT molecular complexity index is 524. The SMILES string of the molecule is CNc1ccoc1.[B]B([B])B([B])B(B([B])[B])B(B(B([B])[B])B([B])[B])B(B([B])[B])B([B])[B]. The van der Waals surface area contributed by atoms with Gasteiger partial charge in [-0.1, -0.05) is 0 Å². The second-order valence-corrected chi connectivity index (χ2v) is 7.61. The van der Waals surface area contributed by atoms with Crippen molar-refractivity contribution in [3.8, 4) is 0 Å². The highest BCUT2D eigenvalue weighted by Gasteiger charge is 2.48. The van der Waals surface area contributed by atoms with Gasteiger partial charge in [0.05, 0.1) is 12.0 Å². The minimum absolute atomic E-state index is 0.713. The van der Waals surface area contributed by atoms with Crippen LogP contribution in [0, 0.1) is 0 Å². The van der Waals surface area contributed by atoms with Gasteiger partial charge in [0.25, 0.3) is 0 Å². The molecule has 0 aliphatic heterocycles. The lowest BCUT2D eigenvalue weighted by atomic mass is 8.35. The predicted octanol–water partition coefficient (Wildman–Crippen LogP) is -7.82. The van der Waals surface area contributed by atoms with Crippen LogP contribution < -0.4 is 5.32 Å². The first-order valence-corrected chi connectivity index (χ1v) is 9.80. The fourth-order valence-corrected chi connectivity index (χ4v) is 3.74. The lowest BCUT2D eigenvalue weighted by molar-refractivity contribution is 0.568. The van der Waals surface area contributed by atoms with E-state index in [2.05, 4.69) is 5.32 Å². The van der Waals surface area contributed by atoms with E-state index in [1.54, 1.807) is 12.5 Å². The van der Waals surface area contributed by atoms with Crippen molar-refractivity contribution in [2.24, 2.45) is 0 Å². The van der Waals surface area contributed by atoms with Gasteiger partial charge in [-0.05, 0) is 6.07 Å². The fraction of sp³-hybridized carbons (Fsp3) is 0.200. The molecule has 0 unspecified atom stereocenters. The molecule has 110 valence electrons. The van der Waals surface area contributed by atoms with Crippen molar-refractivity contribution < 1.29 is 4.42 Å². The molecule has 0 saturated heterocycles. The molecule has 1 rings (SSSR count). The van der Waals surface area contributed by atoms with E-state index in [0.717, 1.165) is 5.69 Å². The van der Waals surface area contributed by atoms with Gasteiger partial charge >= 0.3 is 0 Å². The zero-order valence-corrected chi connectivity index (χ0v) is 18.0. The van der Waals surface area contributed by atoms with Crippen molar-refractivity contribution in [2.75, 3.05) is 12.4 Å². The molecule has 0 bridgehead atoms. The van der Waals surface area contributed by atoms with Crippen molar-refractivity contribution in [1.82, 2.24) is 0 Å². The van der Waals surface area contributed by atoms with Gasteiger partial charge in [-0.2, -0.15) is 0 Å². The Labute approximate surface area is 211 Å². The fourth-order valence-electron chi connectivity index (χ4n) is 3.74. The Morgan fingerprint density at radius 1 is 0.581 bits per heavy atom. The summed E-state index contributed by atoms with van der Waals surface area (Å²) in [5.41, 5.74) is 1.01. The van der Waals surface area contributed by atoms with Gasteiger partial charge in [0, 0.05) is 178 Å². The first-order valence-electron chi connectivity index (χ1n) is 9.80. The monoisotopic (exact) mass is 361 g/mol. The summed E-state index contributed by atoms with van der Waals surface area (Å²) in [4.78, 5) is 0. The van der Waals surface area contributed by atoms with Gasteiger partial charge in [-0.15, -0.1) is 0 Å². The zero-order valence-electron chi connectivity index (χ0n) is 18.0. The van der Waals surface area contributed by atoms with Crippen molar-refractivity contribution in [3.05, 3.63) is 18.6 Å². The summed E-state index contributed by atoms with van der Waals surface area (Å²) in [5.74, 6) is 0. The maximum absolute atomic E-state index is 6.10. The Kier molecular flexibility index (Phi) is 15.8. The zero-order chi connectivity index (χ0) is 24.5. The highest BCUT2D eigenvalue weighted by atomic mass is 16.3. The van der Waals surface area contributed by atoms with Crippen LogP contribution in [-0.2, 0) is 0 Å². The van der Waals surface area contributed by atoms with E-state index in [0.29, 0.717) is 0 Å². The van der Waals surface area contributed by atoms with Gasteiger partial charge in [-0.3, -0.25) is 0 Å². The van der Waals surface area contributed by atoms with Crippen LogP contribution in [0.1, 0.15) is 0 Å². The molecule has 1 aromatic heterocycles. The molecule has 0 atom stereocenters. The summed E-state index contributed by atoms with van der Waals surface area (Å²) in [7, 11) is 78.1. The van der Waals surface area contributed by atoms with Crippen molar-refractivity contribution in [2.45, 2.75) is 0 Å². The normalized spacial score (nSPS) is 9.19. The topological polar surface area (TPSA) is 25.2 Å². The van der Waals surface area contributed by atoms with Gasteiger partial charge in [0.1, 0.15) is 6.26 Å². The van der Waals surface area contributed by atoms with Gasteiger partial charge in [0.15, 0.2) is 0 Å². The van der Waals surface area contributed by atoms with Crippen LogP contribution in [0.15, 0.2) is 23.0 Å². The molecule has 0 aliphatic carbocycles. The van der Waals surface area contributed by atoms with Crippen molar-refractivity contribution >= 4 is 177 Å². The predicted molar refractivity (Wildman–Crippen MR) is 166 cm³/mol. The molecule has 1 N–H and O–H groups in total. The second-order valence-electron chi connectivity index (χ2n) is 7.61. The smallest absolute Gasteiger partial charge is 0.113 e. The molecule has 0 spiro atoms. The number of anilines is 1. The Balaban J connectivity index is 0.00000107. The summed E-state index contributed by atoms with van der Waals surface area (Å²) in [5, 5.41) is 2.91. The Morgan fingerprint density at radius 2 is 0.968 bits per heavy atom. The number of nitrogens with one attached hydrogen (secondary N) is 1. The van der Waals surface area contributed by atoms with E-state index < -0.39 is 70.2 Å². The second kappa shape index (κ2) is 15.5. The third-order valence-corrected chi connectivity index (χ3v) is 5.25. The summed E-state index contributed by atoms with van der Waals surface area (Å²) in [6, 6.07) is 1.86. The first kappa shape index (κ1) is 31.6. The highest BCUT2D eigenvalue weighted by Crippen LogP contribution is 2.10. The van der Waals surface area contributed by atoms with E-state index >= 15 is 0 Å². The van der Waals surface area contributed by atoms with Crippen LogP contribution in [0.4, 0.5) is 5.69 Å². The van der Waals surface area contributed by atoms with Crippen molar-refractivity contribution in [3.63, 3.8) is 0 Å². The molecule has 0 aromatic carbocycles. The summed E-state index contributed by atoms with van der Waals surface area (Å²) in [6.45, 7) is 0. The lowest BCUT2D eigenvalue weighted by Gasteiger charge is -2.46. The first-order chi connectivity index (χ1) is 14.3. The van der Waals surface area contributed by atoms with E-state index in [4.69, 9.17) is 105 Å². The van der Waals surface area contributed by atoms with Crippen LogP contribution in [-0.4, -0.2) is 178 Å². The molecule has 0 saturated carbocycles. The molecule has 26 heteroatoms. The van der Waals surface area contributed by atoms with Crippen LogP contribution in [0.25, 0.3) is 0 Å². The molecule has 2 nitrogen and oxygen atoms in total. The molecule has 0 fully saturated rings. The van der Waals surface area contributed by atoms with E-state index in [-0.39, 0.29) is 0 Å². The van der Waals surface area contributed by atoms with Crippen LogP contribution in [0.5, 0.6) is 0 Å². The highest BCUT2D eigenvalue weighted by molar-refractivity contribution is 8.23. The molecule has 31 heavy (non-hydrogen) atoms. The average Bonchev–Trinajstić information content (AvgIpc) is 3.14. The average molecular weight is 357 g/mol. The lowest BCUT2D eigenvalue weighted by Crippen LogP contribution is -2.84. The minimum atomic E-state index is -0.973. The largest absolute Gasteiger partial charge is 0.470 e. The maximum atomic E-state index is 6.10.